The predicted molar refractivity (Wildman–Crippen MR) is 38.6 cm³/mol. The lowest BCUT2D eigenvalue weighted by Gasteiger charge is -2.08. The van der Waals surface area contributed by atoms with Gasteiger partial charge in [0.25, 0.3) is 0 Å². The minimum absolute atomic E-state index is 0.301. The van der Waals surface area contributed by atoms with Gasteiger partial charge in [-0.2, -0.15) is 0 Å². The summed E-state index contributed by atoms with van der Waals surface area (Å²) in [5, 5.41) is 8.58. The fourth-order valence-electron chi connectivity index (χ4n) is 1.01. The van der Waals surface area contributed by atoms with E-state index < -0.39 is 5.97 Å². The molecule has 0 saturated carbocycles. The van der Waals surface area contributed by atoms with Gasteiger partial charge < -0.3 is 5.11 Å². The monoisotopic (exact) mass is 138 g/mol. The highest BCUT2D eigenvalue weighted by molar-refractivity contribution is 5.73. The van der Waals surface area contributed by atoms with Crippen LogP contribution < -0.4 is 0 Å². The summed E-state index contributed by atoms with van der Waals surface area (Å²) in [6.07, 6.45) is 6.25. The van der Waals surface area contributed by atoms with E-state index in [-0.39, 0.29) is 5.92 Å². The molecule has 1 aliphatic carbocycles. The zero-order chi connectivity index (χ0) is 7.56. The quantitative estimate of drug-likeness (QED) is 0.597. The fraction of sp³-hybridized carbons (Fsp3) is 0.375. The summed E-state index contributed by atoms with van der Waals surface area (Å²) in [6, 6.07) is 0. The van der Waals surface area contributed by atoms with Crippen molar-refractivity contribution in [3.63, 3.8) is 0 Å². The number of rotatable bonds is 1. The molecule has 0 bridgehead atoms. The Balaban J connectivity index is 2.69. The molecule has 0 unspecified atom stereocenters. The molecule has 0 amide bonds. The van der Waals surface area contributed by atoms with E-state index in [2.05, 4.69) is 0 Å². The molecule has 2 heteroatoms. The van der Waals surface area contributed by atoms with E-state index in [1.165, 1.54) is 0 Å². The van der Waals surface area contributed by atoms with Gasteiger partial charge in [-0.3, -0.25) is 4.79 Å². The van der Waals surface area contributed by atoms with Crippen LogP contribution in [-0.2, 0) is 4.79 Å². The number of hydrogen-bond donors (Lipinski definition) is 1. The summed E-state index contributed by atoms with van der Waals surface area (Å²) in [7, 11) is 0. The molecule has 0 aliphatic heterocycles. The Morgan fingerprint density at radius 1 is 1.80 bits per heavy atom. The van der Waals surface area contributed by atoms with Gasteiger partial charge in [0.2, 0.25) is 0 Å². The Morgan fingerprint density at radius 2 is 2.50 bits per heavy atom. The van der Waals surface area contributed by atoms with Crippen LogP contribution in [0.5, 0.6) is 0 Å². The second kappa shape index (κ2) is 2.69. The van der Waals surface area contributed by atoms with Crippen LogP contribution in [0.15, 0.2) is 23.8 Å². The molecule has 54 valence electrons. The zero-order valence-electron chi connectivity index (χ0n) is 5.87. The number of hydrogen-bond acceptors (Lipinski definition) is 1. The van der Waals surface area contributed by atoms with Crippen molar-refractivity contribution in [2.75, 3.05) is 0 Å². The molecule has 0 fully saturated rings. The van der Waals surface area contributed by atoms with E-state index >= 15 is 0 Å². The zero-order valence-corrected chi connectivity index (χ0v) is 5.87. The summed E-state index contributed by atoms with van der Waals surface area (Å²) in [4.78, 5) is 10.4. The summed E-state index contributed by atoms with van der Waals surface area (Å²) < 4.78 is 0. The molecule has 0 heterocycles. The van der Waals surface area contributed by atoms with Crippen molar-refractivity contribution < 1.29 is 9.90 Å². The summed E-state index contributed by atoms with van der Waals surface area (Å²) in [5.41, 5.74) is 1.04. The van der Waals surface area contributed by atoms with Crippen LogP contribution >= 0.6 is 0 Å². The van der Waals surface area contributed by atoms with Crippen molar-refractivity contribution in [2.45, 2.75) is 13.3 Å². The van der Waals surface area contributed by atoms with Crippen molar-refractivity contribution >= 4 is 5.97 Å². The summed E-state index contributed by atoms with van der Waals surface area (Å²) in [5.74, 6) is -1.03. The van der Waals surface area contributed by atoms with Crippen molar-refractivity contribution in [3.05, 3.63) is 23.8 Å². The summed E-state index contributed by atoms with van der Waals surface area (Å²) in [6.45, 7) is 1.91. The first-order valence-electron chi connectivity index (χ1n) is 3.28. The van der Waals surface area contributed by atoms with E-state index in [0.717, 1.165) is 5.57 Å². The number of aliphatic carboxylic acids is 1. The Kier molecular flexibility index (Phi) is 1.90. The molecule has 1 N–H and O–H groups in total. The van der Waals surface area contributed by atoms with E-state index in [4.69, 9.17) is 5.11 Å². The van der Waals surface area contributed by atoms with E-state index in [1.807, 2.05) is 19.1 Å². The highest BCUT2D eigenvalue weighted by atomic mass is 16.4. The maximum Gasteiger partial charge on any atom is 0.310 e. The molecule has 1 rings (SSSR count). The first-order valence-corrected chi connectivity index (χ1v) is 3.28. The molecule has 0 radical (unpaired) electrons. The number of carbonyl (C=O) groups is 1. The van der Waals surface area contributed by atoms with Gasteiger partial charge in [-0.15, -0.1) is 0 Å². The minimum Gasteiger partial charge on any atom is -0.481 e. The van der Waals surface area contributed by atoms with Crippen LogP contribution in [0.4, 0.5) is 0 Å². The van der Waals surface area contributed by atoms with E-state index in [1.54, 1.807) is 6.08 Å². The Morgan fingerprint density at radius 3 is 2.90 bits per heavy atom. The predicted octanol–water partition coefficient (Wildman–Crippen LogP) is 1.59. The largest absolute Gasteiger partial charge is 0.481 e. The minimum atomic E-state index is -0.733. The van der Waals surface area contributed by atoms with Gasteiger partial charge >= 0.3 is 5.97 Å². The van der Waals surface area contributed by atoms with Crippen molar-refractivity contribution in [2.24, 2.45) is 5.92 Å². The molecule has 0 spiro atoms. The van der Waals surface area contributed by atoms with Crippen LogP contribution in [0, 0.1) is 5.92 Å². The molecular formula is C8H10O2. The van der Waals surface area contributed by atoms with Gasteiger partial charge in [0, 0.05) is 0 Å². The van der Waals surface area contributed by atoms with Crippen LogP contribution in [-0.4, -0.2) is 11.1 Å². The number of allylic oxidation sites excluding steroid dienone is 3. The third-order valence-corrected chi connectivity index (χ3v) is 1.55. The smallest absolute Gasteiger partial charge is 0.310 e. The highest BCUT2D eigenvalue weighted by Crippen LogP contribution is 2.15. The van der Waals surface area contributed by atoms with Crippen LogP contribution in [0.25, 0.3) is 0 Å². The van der Waals surface area contributed by atoms with Crippen LogP contribution in [0.3, 0.4) is 0 Å². The Labute approximate surface area is 59.9 Å². The highest BCUT2D eigenvalue weighted by Gasteiger charge is 2.14. The SMILES string of the molecule is CC1=C[C@@H](C(=O)O)CC=C1. The van der Waals surface area contributed by atoms with Gasteiger partial charge in [0.1, 0.15) is 0 Å². The lowest BCUT2D eigenvalue weighted by atomic mass is 9.97. The second-order valence-corrected chi connectivity index (χ2v) is 2.49. The number of carboxylic acids is 1. The molecule has 0 aromatic heterocycles. The Bertz CT molecular complexity index is 201. The topological polar surface area (TPSA) is 37.3 Å². The van der Waals surface area contributed by atoms with Crippen molar-refractivity contribution in [1.82, 2.24) is 0 Å². The third-order valence-electron chi connectivity index (χ3n) is 1.55. The van der Waals surface area contributed by atoms with Gasteiger partial charge in [-0.05, 0) is 13.3 Å². The molecule has 10 heavy (non-hydrogen) atoms. The second-order valence-electron chi connectivity index (χ2n) is 2.49. The molecule has 0 aromatic rings. The molecule has 0 saturated heterocycles. The Hall–Kier alpha value is -1.05. The normalized spacial score (nSPS) is 24.1. The maximum absolute atomic E-state index is 10.4. The van der Waals surface area contributed by atoms with Gasteiger partial charge in [0.05, 0.1) is 5.92 Å². The van der Waals surface area contributed by atoms with Crippen molar-refractivity contribution in [3.8, 4) is 0 Å². The molecule has 2 nitrogen and oxygen atoms in total. The molecule has 1 aliphatic rings. The van der Waals surface area contributed by atoms with Gasteiger partial charge in [-0.1, -0.05) is 23.8 Å². The first kappa shape index (κ1) is 7.06. The average Bonchev–Trinajstić information content (AvgIpc) is 1.88. The molecule has 0 aromatic carbocycles. The number of carboxylic acid groups (broad SMARTS) is 1. The fourth-order valence-corrected chi connectivity index (χ4v) is 1.01. The average molecular weight is 138 g/mol. The maximum atomic E-state index is 10.4. The van der Waals surface area contributed by atoms with E-state index in [9.17, 15) is 4.79 Å². The molecular weight excluding hydrogens is 128 g/mol. The van der Waals surface area contributed by atoms with Crippen molar-refractivity contribution in [1.29, 1.82) is 0 Å². The molecule has 1 atom stereocenters. The third kappa shape index (κ3) is 1.47. The lowest BCUT2D eigenvalue weighted by molar-refractivity contribution is -0.140. The standard InChI is InChI=1S/C8H10O2/c1-6-3-2-4-7(5-6)8(9)10/h2-3,5,7H,4H2,1H3,(H,9,10)/t7-/m0/s1. The lowest BCUT2D eigenvalue weighted by Crippen LogP contribution is -2.11. The van der Waals surface area contributed by atoms with Gasteiger partial charge in [-0.25, -0.2) is 0 Å². The van der Waals surface area contributed by atoms with Crippen LogP contribution in [0.1, 0.15) is 13.3 Å². The van der Waals surface area contributed by atoms with E-state index in [0.29, 0.717) is 6.42 Å². The summed E-state index contributed by atoms with van der Waals surface area (Å²) >= 11 is 0. The van der Waals surface area contributed by atoms with Gasteiger partial charge in [0.15, 0.2) is 0 Å². The van der Waals surface area contributed by atoms with Crippen LogP contribution in [0.2, 0.25) is 0 Å². The first-order chi connectivity index (χ1) is 4.70.